The van der Waals surface area contributed by atoms with Crippen LogP contribution < -0.4 is 9.47 Å². The minimum atomic E-state index is 0.0423. The minimum absolute atomic E-state index is 0.0423. The van der Waals surface area contributed by atoms with E-state index < -0.39 is 0 Å². The molecule has 0 fully saturated rings. The molecule has 1 aromatic heterocycles. The van der Waals surface area contributed by atoms with Gasteiger partial charge in [0.15, 0.2) is 0 Å². The number of aromatic nitrogens is 1. The van der Waals surface area contributed by atoms with Crippen LogP contribution in [0.25, 0.3) is 22.0 Å². The number of methoxy groups -OCH3 is 2. The number of hydrogen-bond acceptors (Lipinski definition) is 2. The van der Waals surface area contributed by atoms with Crippen molar-refractivity contribution in [1.82, 2.24) is 4.98 Å². The third kappa shape index (κ3) is 2.36. The average Bonchev–Trinajstić information content (AvgIpc) is 3.20. The molecule has 0 spiro atoms. The topological polar surface area (TPSA) is 34.2 Å². The van der Waals surface area contributed by atoms with Gasteiger partial charge in [-0.1, -0.05) is 35.9 Å². The van der Waals surface area contributed by atoms with Gasteiger partial charge in [-0.25, -0.2) is 0 Å². The first-order valence-electron chi connectivity index (χ1n) is 9.25. The van der Waals surface area contributed by atoms with Crippen molar-refractivity contribution in [2.24, 2.45) is 0 Å². The Bertz CT molecular complexity index is 1220. The van der Waals surface area contributed by atoms with E-state index in [2.05, 4.69) is 54.4 Å². The summed E-state index contributed by atoms with van der Waals surface area (Å²) in [4.78, 5) is 3.54. The molecule has 3 aromatic carbocycles. The summed E-state index contributed by atoms with van der Waals surface area (Å²) in [7, 11) is 3.39. The highest BCUT2D eigenvalue weighted by Gasteiger charge is 2.36. The van der Waals surface area contributed by atoms with Crippen LogP contribution in [0.2, 0.25) is 5.02 Å². The highest BCUT2D eigenvalue weighted by Crippen LogP contribution is 2.55. The monoisotopic (exact) mass is 389 g/mol. The fourth-order valence-electron chi connectivity index (χ4n) is 4.55. The average molecular weight is 390 g/mol. The van der Waals surface area contributed by atoms with Gasteiger partial charge in [-0.15, -0.1) is 0 Å². The van der Waals surface area contributed by atoms with E-state index in [-0.39, 0.29) is 5.92 Å². The second-order valence-electron chi connectivity index (χ2n) is 7.16. The summed E-state index contributed by atoms with van der Waals surface area (Å²) in [6.45, 7) is 2.13. The van der Waals surface area contributed by atoms with Crippen LogP contribution in [0, 0.1) is 6.92 Å². The molecule has 1 heterocycles. The SMILES string of the molecule is COc1cc(OC)c2c(c1)-c1ccc(Cl)cc1C2c1c(C)[nH]c2ccccc12. The van der Waals surface area contributed by atoms with Crippen molar-refractivity contribution < 1.29 is 9.47 Å². The Morgan fingerprint density at radius 1 is 0.893 bits per heavy atom. The van der Waals surface area contributed by atoms with Crippen molar-refractivity contribution in [1.29, 1.82) is 0 Å². The van der Waals surface area contributed by atoms with Crippen LogP contribution in [-0.4, -0.2) is 19.2 Å². The van der Waals surface area contributed by atoms with Gasteiger partial charge in [-0.05, 0) is 53.4 Å². The van der Waals surface area contributed by atoms with Gasteiger partial charge in [0.2, 0.25) is 0 Å². The van der Waals surface area contributed by atoms with Crippen molar-refractivity contribution in [2.75, 3.05) is 14.2 Å². The number of ether oxygens (including phenoxy) is 2. The van der Waals surface area contributed by atoms with E-state index in [4.69, 9.17) is 21.1 Å². The van der Waals surface area contributed by atoms with Gasteiger partial charge in [-0.2, -0.15) is 0 Å². The summed E-state index contributed by atoms with van der Waals surface area (Å²) in [5.74, 6) is 1.66. The van der Waals surface area contributed by atoms with Crippen molar-refractivity contribution >= 4 is 22.5 Å². The number of hydrogen-bond donors (Lipinski definition) is 1. The molecular weight excluding hydrogens is 370 g/mol. The van der Waals surface area contributed by atoms with E-state index in [1.165, 1.54) is 22.1 Å². The number of benzene rings is 3. The molecular formula is C24H20ClNO2. The molecule has 0 saturated carbocycles. The van der Waals surface area contributed by atoms with E-state index in [0.29, 0.717) is 0 Å². The summed E-state index contributed by atoms with van der Waals surface area (Å²) in [6.07, 6.45) is 0. The largest absolute Gasteiger partial charge is 0.497 e. The fraction of sp³-hybridized carbons (Fsp3) is 0.167. The third-order valence-electron chi connectivity index (χ3n) is 5.71. The van der Waals surface area contributed by atoms with Crippen LogP contribution in [0.5, 0.6) is 11.5 Å². The normalized spacial score (nSPS) is 14.8. The number of nitrogens with one attached hydrogen (secondary N) is 1. The quantitative estimate of drug-likeness (QED) is 0.392. The molecule has 1 N–H and O–H groups in total. The summed E-state index contributed by atoms with van der Waals surface area (Å²) in [5.41, 5.74) is 8.22. The zero-order valence-electron chi connectivity index (χ0n) is 16.0. The van der Waals surface area contributed by atoms with Gasteiger partial charge in [0.25, 0.3) is 0 Å². The Balaban J connectivity index is 1.89. The number of rotatable bonds is 3. The first kappa shape index (κ1) is 17.2. The lowest BCUT2D eigenvalue weighted by molar-refractivity contribution is 0.391. The Kier molecular flexibility index (Phi) is 3.88. The van der Waals surface area contributed by atoms with Crippen LogP contribution in [0.1, 0.15) is 28.3 Å². The summed E-state index contributed by atoms with van der Waals surface area (Å²) < 4.78 is 11.3. The molecule has 0 saturated heterocycles. The maximum Gasteiger partial charge on any atom is 0.127 e. The van der Waals surface area contributed by atoms with Crippen molar-refractivity contribution in [2.45, 2.75) is 12.8 Å². The summed E-state index contributed by atoms with van der Waals surface area (Å²) in [5, 5.41) is 1.96. The lowest BCUT2D eigenvalue weighted by atomic mass is 9.87. The zero-order valence-corrected chi connectivity index (χ0v) is 16.7. The number of aromatic amines is 1. The number of halogens is 1. The first-order valence-corrected chi connectivity index (χ1v) is 9.63. The van der Waals surface area contributed by atoms with E-state index in [1.807, 2.05) is 12.1 Å². The Morgan fingerprint density at radius 3 is 2.50 bits per heavy atom. The molecule has 0 amide bonds. The second kappa shape index (κ2) is 6.32. The predicted molar refractivity (Wildman–Crippen MR) is 114 cm³/mol. The zero-order chi connectivity index (χ0) is 19.4. The van der Waals surface area contributed by atoms with Crippen molar-refractivity contribution in [3.8, 4) is 22.6 Å². The second-order valence-corrected chi connectivity index (χ2v) is 7.60. The van der Waals surface area contributed by atoms with Crippen LogP contribution >= 0.6 is 11.6 Å². The number of H-pyrrole nitrogens is 1. The van der Waals surface area contributed by atoms with Crippen LogP contribution in [0.3, 0.4) is 0 Å². The number of para-hydroxylation sites is 1. The van der Waals surface area contributed by atoms with Crippen molar-refractivity contribution in [3.05, 3.63) is 82.0 Å². The van der Waals surface area contributed by atoms with E-state index in [9.17, 15) is 0 Å². The highest BCUT2D eigenvalue weighted by atomic mass is 35.5. The molecule has 3 nitrogen and oxygen atoms in total. The molecule has 1 aliphatic rings. The number of fused-ring (bicyclic) bond motifs is 4. The molecule has 4 heteroatoms. The van der Waals surface area contributed by atoms with Crippen LogP contribution in [0.4, 0.5) is 0 Å². The molecule has 0 bridgehead atoms. The molecule has 0 radical (unpaired) electrons. The summed E-state index contributed by atoms with van der Waals surface area (Å²) >= 11 is 6.42. The van der Waals surface area contributed by atoms with Gasteiger partial charge in [0.05, 0.1) is 14.2 Å². The number of aryl methyl sites for hydroxylation is 1. The van der Waals surface area contributed by atoms with Crippen LogP contribution in [-0.2, 0) is 0 Å². The molecule has 0 aliphatic heterocycles. The smallest absolute Gasteiger partial charge is 0.127 e. The molecule has 5 rings (SSSR count). The van der Waals surface area contributed by atoms with Crippen molar-refractivity contribution in [3.63, 3.8) is 0 Å². The Morgan fingerprint density at radius 2 is 1.71 bits per heavy atom. The van der Waals surface area contributed by atoms with Gasteiger partial charge >= 0.3 is 0 Å². The van der Waals surface area contributed by atoms with Gasteiger partial charge in [0.1, 0.15) is 11.5 Å². The lowest BCUT2D eigenvalue weighted by Gasteiger charge is -2.18. The van der Waals surface area contributed by atoms with Gasteiger partial charge in [0, 0.05) is 39.2 Å². The molecule has 1 aliphatic carbocycles. The molecule has 1 unspecified atom stereocenters. The third-order valence-corrected chi connectivity index (χ3v) is 5.94. The minimum Gasteiger partial charge on any atom is -0.497 e. The van der Waals surface area contributed by atoms with Crippen LogP contribution in [0.15, 0.2) is 54.6 Å². The standard InChI is InChI=1S/C24H20ClNO2/c1-13-22(17-6-4-5-7-20(17)26-13)24-18-10-14(25)8-9-16(18)19-11-15(27-2)12-21(28-3)23(19)24/h4-12,24,26H,1-3H3. The highest BCUT2D eigenvalue weighted by molar-refractivity contribution is 6.30. The van der Waals surface area contributed by atoms with Gasteiger partial charge in [-0.3, -0.25) is 0 Å². The first-order chi connectivity index (χ1) is 13.6. The van der Waals surface area contributed by atoms with E-state index in [0.717, 1.165) is 38.9 Å². The van der Waals surface area contributed by atoms with E-state index in [1.54, 1.807) is 14.2 Å². The molecule has 28 heavy (non-hydrogen) atoms. The maximum absolute atomic E-state index is 6.42. The molecule has 4 aromatic rings. The Hall–Kier alpha value is -2.91. The predicted octanol–water partition coefficient (Wildman–Crippen LogP) is 6.31. The van der Waals surface area contributed by atoms with Gasteiger partial charge < -0.3 is 14.5 Å². The molecule has 1 atom stereocenters. The lowest BCUT2D eigenvalue weighted by Crippen LogP contribution is -2.03. The summed E-state index contributed by atoms with van der Waals surface area (Å²) in [6, 6.07) is 18.6. The molecule has 140 valence electrons. The Labute approximate surface area is 168 Å². The van der Waals surface area contributed by atoms with E-state index >= 15 is 0 Å². The fourth-order valence-corrected chi connectivity index (χ4v) is 4.73. The maximum atomic E-state index is 6.42.